The minimum absolute atomic E-state index is 0.0202. The second-order valence-corrected chi connectivity index (χ2v) is 7.82. The van der Waals surface area contributed by atoms with Gasteiger partial charge in [0, 0.05) is 31.1 Å². The third kappa shape index (κ3) is 3.71. The van der Waals surface area contributed by atoms with Crippen molar-refractivity contribution < 1.29 is 13.5 Å². The molecular weight excluding hydrogens is 466 g/mol. The molecular formula is C23H17ClF2N6O2. The maximum atomic E-state index is 15.1. The molecule has 2 aromatic carbocycles. The monoisotopic (exact) mass is 482 g/mol. The van der Waals surface area contributed by atoms with Crippen LogP contribution < -0.4 is 15.2 Å². The van der Waals surface area contributed by atoms with Crippen molar-refractivity contribution in [3.05, 3.63) is 93.6 Å². The van der Waals surface area contributed by atoms with E-state index in [-0.39, 0.29) is 34.3 Å². The normalized spacial score (nSPS) is 15.2. The van der Waals surface area contributed by atoms with Gasteiger partial charge in [-0.15, -0.1) is 0 Å². The summed E-state index contributed by atoms with van der Waals surface area (Å²) in [6.45, 7) is 0. The Labute approximate surface area is 197 Å². The smallest absolute Gasteiger partial charge is 0.247 e. The number of hydrogen-bond donors (Lipinski definition) is 0. The number of hydrogen-bond acceptors (Lipinski definition) is 6. The third-order valence-corrected chi connectivity index (χ3v) is 5.69. The Bertz CT molecular complexity index is 1450. The lowest BCUT2D eigenvalue weighted by molar-refractivity contribution is 0.401. The molecule has 0 spiro atoms. The third-order valence-electron chi connectivity index (χ3n) is 5.40. The summed E-state index contributed by atoms with van der Waals surface area (Å²) >= 11 is 5.93. The maximum absolute atomic E-state index is 15.1. The van der Waals surface area contributed by atoms with Crippen LogP contribution in [0.15, 0.2) is 71.0 Å². The predicted octanol–water partition coefficient (Wildman–Crippen LogP) is 4.30. The van der Waals surface area contributed by atoms with Crippen LogP contribution in [-0.4, -0.2) is 32.9 Å². The Morgan fingerprint density at radius 1 is 1.12 bits per heavy atom. The van der Waals surface area contributed by atoms with Crippen LogP contribution in [0.3, 0.4) is 0 Å². The molecule has 1 aliphatic rings. The first-order valence-corrected chi connectivity index (χ1v) is 10.6. The molecule has 11 heteroatoms. The predicted molar refractivity (Wildman–Crippen MR) is 123 cm³/mol. The lowest BCUT2D eigenvalue weighted by Gasteiger charge is -2.24. The largest absolute Gasteiger partial charge is 0.491 e. The molecule has 0 bridgehead atoms. The number of anilines is 1. The summed E-state index contributed by atoms with van der Waals surface area (Å²) in [7, 11) is 1.33. The van der Waals surface area contributed by atoms with E-state index in [2.05, 4.69) is 15.3 Å². The van der Waals surface area contributed by atoms with Gasteiger partial charge in [0.05, 0.1) is 29.7 Å². The lowest BCUT2D eigenvalue weighted by Crippen LogP contribution is -2.29. The molecule has 0 radical (unpaired) electrons. The van der Waals surface area contributed by atoms with Crippen molar-refractivity contribution in [3.8, 4) is 17.1 Å². The molecule has 3 heterocycles. The van der Waals surface area contributed by atoms with Gasteiger partial charge in [-0.1, -0.05) is 17.7 Å². The number of ether oxygens (including phenoxy) is 1. The van der Waals surface area contributed by atoms with Crippen LogP contribution in [0, 0.1) is 11.6 Å². The fourth-order valence-electron chi connectivity index (χ4n) is 3.76. The highest BCUT2D eigenvalue weighted by atomic mass is 35.5. The van der Waals surface area contributed by atoms with Crippen molar-refractivity contribution >= 4 is 23.5 Å². The highest BCUT2D eigenvalue weighted by molar-refractivity contribution is 6.31. The quantitative estimate of drug-likeness (QED) is 0.424. The first kappa shape index (κ1) is 21.8. The topological polar surface area (TPSA) is 77.5 Å². The van der Waals surface area contributed by atoms with Crippen molar-refractivity contribution in [1.29, 1.82) is 0 Å². The fourth-order valence-corrected chi connectivity index (χ4v) is 3.93. The van der Waals surface area contributed by atoms with Crippen molar-refractivity contribution in [2.24, 2.45) is 5.10 Å². The number of hydrazone groups is 1. The van der Waals surface area contributed by atoms with Gasteiger partial charge in [0.1, 0.15) is 17.4 Å². The van der Waals surface area contributed by atoms with Crippen LogP contribution in [0.2, 0.25) is 5.02 Å². The minimum Gasteiger partial charge on any atom is -0.491 e. The van der Waals surface area contributed by atoms with E-state index in [1.807, 2.05) is 0 Å². The summed E-state index contributed by atoms with van der Waals surface area (Å²) in [5, 5.41) is 14.0. The van der Waals surface area contributed by atoms with Gasteiger partial charge < -0.3 is 4.74 Å². The first-order chi connectivity index (χ1) is 16.5. The van der Waals surface area contributed by atoms with E-state index in [1.54, 1.807) is 36.8 Å². The molecule has 1 atom stereocenters. The maximum Gasteiger partial charge on any atom is 0.247 e. The molecule has 1 aliphatic heterocycles. The summed E-state index contributed by atoms with van der Waals surface area (Å²) in [5.41, 5.74) is 0.222. The van der Waals surface area contributed by atoms with Crippen LogP contribution >= 0.6 is 11.6 Å². The van der Waals surface area contributed by atoms with Crippen molar-refractivity contribution in [3.63, 3.8) is 0 Å². The Hall–Kier alpha value is -4.05. The molecule has 1 unspecified atom stereocenters. The highest BCUT2D eigenvalue weighted by Crippen LogP contribution is 2.35. The lowest BCUT2D eigenvalue weighted by atomic mass is 10.1. The molecule has 0 amide bonds. The summed E-state index contributed by atoms with van der Waals surface area (Å²) in [6, 6.07) is 9.99. The molecule has 0 N–H and O–H groups in total. The number of halogens is 3. The molecule has 5 rings (SSSR count). The van der Waals surface area contributed by atoms with E-state index in [4.69, 9.17) is 16.3 Å². The average molecular weight is 483 g/mol. The van der Waals surface area contributed by atoms with Crippen LogP contribution in [0.1, 0.15) is 18.2 Å². The van der Waals surface area contributed by atoms with Crippen LogP contribution in [0.5, 0.6) is 5.75 Å². The Morgan fingerprint density at radius 3 is 2.71 bits per heavy atom. The Kier molecular flexibility index (Phi) is 5.58. The number of benzene rings is 2. The summed E-state index contributed by atoms with van der Waals surface area (Å²) in [6.07, 6.45) is 6.41. The molecule has 2 aromatic heterocycles. The van der Waals surface area contributed by atoms with Gasteiger partial charge in [0.25, 0.3) is 0 Å². The zero-order chi connectivity index (χ0) is 23.8. The summed E-state index contributed by atoms with van der Waals surface area (Å²) in [4.78, 5) is 13.1. The zero-order valence-electron chi connectivity index (χ0n) is 17.8. The van der Waals surface area contributed by atoms with Crippen LogP contribution in [-0.2, 0) is 0 Å². The van der Waals surface area contributed by atoms with Gasteiger partial charge in [-0.25, -0.2) is 18.1 Å². The molecule has 4 aromatic rings. The highest BCUT2D eigenvalue weighted by Gasteiger charge is 2.31. The molecule has 0 fully saturated rings. The second-order valence-electron chi connectivity index (χ2n) is 7.41. The Balaban J connectivity index is 1.60. The number of methoxy groups -OCH3 is 1. The van der Waals surface area contributed by atoms with Gasteiger partial charge in [-0.2, -0.15) is 15.3 Å². The van der Waals surface area contributed by atoms with Crippen molar-refractivity contribution in [2.75, 3.05) is 12.1 Å². The summed E-state index contributed by atoms with van der Waals surface area (Å²) < 4.78 is 37.8. The van der Waals surface area contributed by atoms with Crippen LogP contribution in [0.25, 0.3) is 11.4 Å². The van der Waals surface area contributed by atoms with E-state index < -0.39 is 23.1 Å². The fraction of sp³-hybridized carbons (Fsp3) is 0.130. The molecule has 172 valence electrons. The van der Waals surface area contributed by atoms with E-state index in [0.29, 0.717) is 5.69 Å². The number of aromatic nitrogens is 4. The van der Waals surface area contributed by atoms with Gasteiger partial charge in [-0.05, 0) is 30.3 Å². The standard InChI is InChI=1S/C23H17ClF2N6O2/c1-34-20-13-31(17-7-6-14(12-16(17)25)30-11-3-9-27-30)29-22(23(20)33)19-8-10-28-32(19)18-5-2-4-15(24)21(18)26/h2-7,9-13,19H,8H2,1H3. The van der Waals surface area contributed by atoms with Crippen LogP contribution in [0.4, 0.5) is 14.5 Å². The van der Waals surface area contributed by atoms with Crippen molar-refractivity contribution in [2.45, 2.75) is 12.5 Å². The molecule has 0 saturated heterocycles. The molecule has 8 nitrogen and oxygen atoms in total. The zero-order valence-corrected chi connectivity index (χ0v) is 18.5. The average Bonchev–Trinajstić information content (AvgIpc) is 3.54. The second kappa shape index (κ2) is 8.71. The molecule has 34 heavy (non-hydrogen) atoms. The van der Waals surface area contributed by atoms with E-state index in [9.17, 15) is 9.18 Å². The van der Waals surface area contributed by atoms with Gasteiger partial charge in [-0.3, -0.25) is 9.80 Å². The number of rotatable bonds is 5. The Morgan fingerprint density at radius 2 is 1.97 bits per heavy atom. The van der Waals surface area contributed by atoms with Gasteiger partial charge in [0.15, 0.2) is 17.4 Å². The van der Waals surface area contributed by atoms with Gasteiger partial charge >= 0.3 is 0 Å². The van der Waals surface area contributed by atoms with Gasteiger partial charge in [0.2, 0.25) is 5.43 Å². The van der Waals surface area contributed by atoms with E-state index >= 15 is 4.39 Å². The first-order valence-electron chi connectivity index (χ1n) is 10.2. The van der Waals surface area contributed by atoms with Crippen molar-refractivity contribution in [1.82, 2.24) is 19.6 Å². The van der Waals surface area contributed by atoms with E-state index in [0.717, 1.165) is 0 Å². The molecule has 0 saturated carbocycles. The number of nitrogens with zero attached hydrogens (tertiary/aromatic N) is 6. The van der Waals surface area contributed by atoms with E-state index in [1.165, 1.54) is 51.9 Å². The SMILES string of the molecule is COc1cn(-c2ccc(-n3cccn3)cc2F)nc(C2CC=NN2c2cccc(Cl)c2F)c1=O. The molecule has 0 aliphatic carbocycles. The minimum atomic E-state index is -0.742. The summed E-state index contributed by atoms with van der Waals surface area (Å²) in [5.74, 6) is -1.30.